The van der Waals surface area contributed by atoms with E-state index in [1.54, 1.807) is 26.6 Å². The summed E-state index contributed by atoms with van der Waals surface area (Å²) in [6, 6.07) is 6.57. The number of unbranched alkanes of at least 4 members (excludes halogenated alkanes) is 2. The Bertz CT molecular complexity index is 1360. The minimum absolute atomic E-state index is 0.0550. The molecule has 4 heterocycles. The number of aromatic nitrogens is 3. The van der Waals surface area contributed by atoms with Gasteiger partial charge in [-0.3, -0.25) is 14.4 Å². The molecular weight excluding hydrogens is 538 g/mol. The van der Waals surface area contributed by atoms with Crippen molar-refractivity contribution in [1.82, 2.24) is 24.8 Å². The lowest BCUT2D eigenvalue weighted by Crippen LogP contribution is -2.56. The largest absolute Gasteiger partial charge is 0.465 e. The maximum absolute atomic E-state index is 14.6. The van der Waals surface area contributed by atoms with Gasteiger partial charge >= 0.3 is 5.97 Å². The number of amides is 2. The average Bonchev–Trinajstić information content (AvgIpc) is 3.64. The van der Waals surface area contributed by atoms with Crippen LogP contribution < -0.4 is 0 Å². The number of fused-ring (bicyclic) bond motifs is 2. The van der Waals surface area contributed by atoms with Crippen LogP contribution in [0.1, 0.15) is 46.0 Å². The smallest absolute Gasteiger partial charge is 0.312 e. The first kappa shape index (κ1) is 29.9. The van der Waals surface area contributed by atoms with E-state index in [0.29, 0.717) is 44.2 Å². The molecule has 5 rings (SSSR count). The van der Waals surface area contributed by atoms with Crippen molar-refractivity contribution in [1.29, 1.82) is 0 Å². The van der Waals surface area contributed by atoms with Gasteiger partial charge in [-0.25, -0.2) is 4.68 Å². The number of hydrogen-bond donors (Lipinski definition) is 1. The molecule has 42 heavy (non-hydrogen) atoms. The number of aliphatic hydroxyl groups excluding tert-OH is 1. The number of aliphatic hydroxyl groups is 1. The molecule has 3 aliphatic rings. The van der Waals surface area contributed by atoms with Crippen LogP contribution in [0.5, 0.6) is 0 Å². The molecule has 11 nitrogen and oxygen atoms in total. The second-order valence-corrected chi connectivity index (χ2v) is 11.8. The highest BCUT2D eigenvalue weighted by atomic mass is 16.6. The van der Waals surface area contributed by atoms with Crippen molar-refractivity contribution in [3.8, 4) is 0 Å². The Morgan fingerprint density at radius 3 is 2.76 bits per heavy atom. The third-order valence-electron chi connectivity index (χ3n) is 9.31. The van der Waals surface area contributed by atoms with Gasteiger partial charge in [-0.2, -0.15) is 0 Å². The summed E-state index contributed by atoms with van der Waals surface area (Å²) in [6.07, 6.45) is 6.19. The molecule has 3 fully saturated rings. The molecule has 226 valence electrons. The SMILES string of the molecule is C=CCCOC(=O)[C@H]1[C@H]2C(=O)N(CCCCCO)C(C(=O)N(CC=C)Cn3nnc4ccccc43)C23CC(C)[C@]1(C)O3. The predicted octanol–water partition coefficient (Wildman–Crippen LogP) is 2.70. The average molecular weight is 580 g/mol. The summed E-state index contributed by atoms with van der Waals surface area (Å²) in [5.41, 5.74) is -0.634. The summed E-state index contributed by atoms with van der Waals surface area (Å²) in [6.45, 7) is 12.3. The van der Waals surface area contributed by atoms with Crippen molar-refractivity contribution in [3.63, 3.8) is 0 Å². The first-order valence-electron chi connectivity index (χ1n) is 14.8. The summed E-state index contributed by atoms with van der Waals surface area (Å²) >= 11 is 0. The van der Waals surface area contributed by atoms with Crippen molar-refractivity contribution in [2.45, 2.75) is 69.9 Å². The molecule has 3 saturated heterocycles. The second kappa shape index (κ2) is 12.0. The van der Waals surface area contributed by atoms with E-state index in [1.807, 2.05) is 38.1 Å². The number of carbonyl (C=O) groups excluding carboxylic acids is 3. The number of carbonyl (C=O) groups is 3. The first-order valence-corrected chi connectivity index (χ1v) is 14.8. The maximum atomic E-state index is 14.6. The fourth-order valence-electron chi connectivity index (χ4n) is 7.25. The molecular formula is C31H41N5O6. The van der Waals surface area contributed by atoms with Crippen LogP contribution in [0.2, 0.25) is 0 Å². The Kier molecular flexibility index (Phi) is 8.52. The normalized spacial score (nSPS) is 29.6. The Morgan fingerprint density at radius 1 is 1.24 bits per heavy atom. The zero-order chi connectivity index (χ0) is 30.1. The van der Waals surface area contributed by atoms with Gasteiger partial charge in [-0.1, -0.05) is 36.4 Å². The number of para-hydroxylation sites is 1. The fourth-order valence-corrected chi connectivity index (χ4v) is 7.25. The highest BCUT2D eigenvalue weighted by Gasteiger charge is 2.80. The summed E-state index contributed by atoms with van der Waals surface area (Å²) in [5, 5.41) is 17.8. The molecule has 0 saturated carbocycles. The molecule has 0 radical (unpaired) electrons. The van der Waals surface area contributed by atoms with Crippen LogP contribution in [0.15, 0.2) is 49.6 Å². The molecule has 2 amide bonds. The van der Waals surface area contributed by atoms with Crippen LogP contribution in [-0.4, -0.2) is 91.2 Å². The van der Waals surface area contributed by atoms with Gasteiger partial charge in [0.05, 0.1) is 23.6 Å². The Hall–Kier alpha value is -3.57. The van der Waals surface area contributed by atoms with E-state index in [-0.39, 0.29) is 44.2 Å². The fraction of sp³-hybridized carbons (Fsp3) is 0.581. The van der Waals surface area contributed by atoms with Gasteiger partial charge < -0.3 is 24.4 Å². The molecule has 3 unspecified atom stereocenters. The molecule has 1 aromatic carbocycles. The maximum Gasteiger partial charge on any atom is 0.312 e. The standard InChI is InChI=1S/C31H41N5O6/c1-5-7-18-41-29(40)25-24-27(38)35(16-11-8-12-17-37)26(31(24)19-21(3)30(25,4)42-31)28(39)34(15-6-2)20-36-23-14-10-9-13-22(23)32-33-36/h5-6,9-10,13-14,21,24-26,37H,1-2,7-8,11-12,15-20H2,3-4H3/t21?,24-,25+,26?,30-,31?/m0/s1. The molecule has 2 aromatic rings. The number of likely N-dealkylation sites (tertiary alicyclic amines) is 1. The van der Waals surface area contributed by atoms with E-state index in [1.165, 1.54) is 0 Å². The van der Waals surface area contributed by atoms with Gasteiger partial charge in [0.1, 0.15) is 29.7 Å². The van der Waals surface area contributed by atoms with Crippen molar-refractivity contribution in [3.05, 3.63) is 49.6 Å². The van der Waals surface area contributed by atoms with E-state index in [9.17, 15) is 19.5 Å². The van der Waals surface area contributed by atoms with Gasteiger partial charge in [0.15, 0.2) is 0 Å². The topological polar surface area (TPSA) is 127 Å². The minimum Gasteiger partial charge on any atom is -0.465 e. The van der Waals surface area contributed by atoms with Crippen LogP contribution in [0.4, 0.5) is 0 Å². The lowest BCUT2D eigenvalue weighted by Gasteiger charge is -2.37. The van der Waals surface area contributed by atoms with Crippen molar-refractivity contribution >= 4 is 28.8 Å². The number of nitrogens with zero attached hydrogens (tertiary/aromatic N) is 5. The number of ether oxygens (including phenoxy) is 2. The lowest BCUT2D eigenvalue weighted by molar-refractivity contribution is -0.162. The van der Waals surface area contributed by atoms with E-state index < -0.39 is 35.0 Å². The van der Waals surface area contributed by atoms with Gasteiger partial charge in [0, 0.05) is 19.7 Å². The Balaban J connectivity index is 1.52. The molecule has 3 aliphatic heterocycles. The quantitative estimate of drug-likeness (QED) is 0.206. The number of esters is 1. The van der Waals surface area contributed by atoms with E-state index in [4.69, 9.17) is 9.47 Å². The monoisotopic (exact) mass is 579 g/mol. The Morgan fingerprint density at radius 2 is 2.02 bits per heavy atom. The van der Waals surface area contributed by atoms with Crippen molar-refractivity contribution in [2.24, 2.45) is 17.8 Å². The lowest BCUT2D eigenvalue weighted by atomic mass is 9.62. The number of hydrogen-bond acceptors (Lipinski definition) is 8. The molecule has 1 spiro atoms. The minimum atomic E-state index is -1.18. The van der Waals surface area contributed by atoms with Crippen LogP contribution >= 0.6 is 0 Å². The van der Waals surface area contributed by atoms with Crippen LogP contribution in [0.25, 0.3) is 11.0 Å². The van der Waals surface area contributed by atoms with E-state index >= 15 is 0 Å². The Labute approximate surface area is 246 Å². The number of rotatable bonds is 14. The third kappa shape index (κ3) is 4.82. The van der Waals surface area contributed by atoms with Crippen LogP contribution in [-0.2, 0) is 30.5 Å². The van der Waals surface area contributed by atoms with Crippen molar-refractivity contribution in [2.75, 3.05) is 26.3 Å². The second-order valence-electron chi connectivity index (χ2n) is 11.8. The van der Waals surface area contributed by atoms with Gasteiger partial charge in [-0.05, 0) is 57.1 Å². The third-order valence-corrected chi connectivity index (χ3v) is 9.31. The van der Waals surface area contributed by atoms with Gasteiger partial charge in [-0.15, -0.1) is 18.3 Å². The van der Waals surface area contributed by atoms with Crippen molar-refractivity contribution < 1.29 is 29.0 Å². The molecule has 11 heteroatoms. The molecule has 6 atom stereocenters. The molecule has 1 aromatic heterocycles. The van der Waals surface area contributed by atoms with Crippen LogP contribution in [0, 0.1) is 17.8 Å². The summed E-state index contributed by atoms with van der Waals surface area (Å²) in [7, 11) is 0. The summed E-state index contributed by atoms with van der Waals surface area (Å²) in [5.74, 6) is -2.78. The van der Waals surface area contributed by atoms with Crippen LogP contribution in [0.3, 0.4) is 0 Å². The number of benzene rings is 1. The molecule has 1 N–H and O–H groups in total. The molecule has 2 bridgehead atoms. The van der Waals surface area contributed by atoms with Gasteiger partial charge in [0.25, 0.3) is 0 Å². The summed E-state index contributed by atoms with van der Waals surface area (Å²) < 4.78 is 14.1. The molecule has 0 aliphatic carbocycles. The highest BCUT2D eigenvalue weighted by Crippen LogP contribution is 2.65. The zero-order valence-corrected chi connectivity index (χ0v) is 24.5. The first-order chi connectivity index (χ1) is 20.2. The van der Waals surface area contributed by atoms with Gasteiger partial charge in [0.2, 0.25) is 11.8 Å². The zero-order valence-electron chi connectivity index (χ0n) is 24.5. The highest BCUT2D eigenvalue weighted by molar-refractivity contribution is 5.98. The summed E-state index contributed by atoms with van der Waals surface area (Å²) in [4.78, 5) is 45.7. The van der Waals surface area contributed by atoms with E-state index in [0.717, 1.165) is 5.52 Å². The van der Waals surface area contributed by atoms with E-state index in [2.05, 4.69) is 23.5 Å². The predicted molar refractivity (Wildman–Crippen MR) is 155 cm³/mol.